The van der Waals surface area contributed by atoms with Crippen LogP contribution >= 0.6 is 0 Å². The van der Waals surface area contributed by atoms with Gasteiger partial charge >= 0.3 is 0 Å². The summed E-state index contributed by atoms with van der Waals surface area (Å²) in [5, 5.41) is 24.9. The molecule has 0 aliphatic heterocycles. The second kappa shape index (κ2) is 13.7. The number of hydrogen-bond donors (Lipinski definition) is 3. The van der Waals surface area contributed by atoms with Crippen molar-refractivity contribution in [3.8, 4) is 11.5 Å². The number of phenolic OH excluding ortho intramolecular Hbond substituents is 2. The largest absolute Gasteiger partial charge is 0.508 e. The maximum atomic E-state index is 8.65. The molecule has 0 bridgehead atoms. The molecule has 0 heterocycles. The Kier molecular flexibility index (Phi) is 14.7. The van der Waals surface area contributed by atoms with Gasteiger partial charge in [-0.2, -0.15) is 0 Å². The van der Waals surface area contributed by atoms with Crippen LogP contribution in [-0.4, -0.2) is 35.1 Å². The Hall–Kier alpha value is -1.26. The number of aliphatic hydroxyl groups is 1. The van der Waals surface area contributed by atoms with Crippen LogP contribution in [0.3, 0.4) is 0 Å². The number of aromatic hydroxyl groups is 2. The third kappa shape index (κ3) is 15.2. The minimum absolute atomic E-state index is 0.169. The van der Waals surface area contributed by atoms with Gasteiger partial charge in [0.2, 0.25) is 0 Å². The highest BCUT2D eigenvalue weighted by molar-refractivity contribution is 5.28. The van der Waals surface area contributed by atoms with Crippen LogP contribution in [0, 0.1) is 0 Å². The molecule has 0 unspecified atom stereocenters. The fourth-order valence-electron chi connectivity index (χ4n) is 0.657. The first kappa shape index (κ1) is 17.1. The lowest BCUT2D eigenvalue weighted by atomic mass is 10.3. The van der Waals surface area contributed by atoms with Crippen molar-refractivity contribution in [3.05, 3.63) is 24.3 Å². The predicted molar refractivity (Wildman–Crippen MR) is 64.7 cm³/mol. The van der Waals surface area contributed by atoms with Gasteiger partial charge in [0.05, 0.1) is 0 Å². The Morgan fingerprint density at radius 1 is 0.875 bits per heavy atom. The van der Waals surface area contributed by atoms with E-state index in [2.05, 4.69) is 0 Å². The van der Waals surface area contributed by atoms with Crippen molar-refractivity contribution in [1.82, 2.24) is 0 Å². The molecule has 0 amide bonds. The molecule has 4 nitrogen and oxygen atoms in total. The van der Waals surface area contributed by atoms with Gasteiger partial charge in [-0.1, -0.05) is 0 Å². The lowest BCUT2D eigenvalue weighted by molar-refractivity contribution is 0.162. The van der Waals surface area contributed by atoms with E-state index < -0.39 is 0 Å². The van der Waals surface area contributed by atoms with E-state index >= 15 is 0 Å². The summed E-state index contributed by atoms with van der Waals surface area (Å²) < 4.78 is 4.83. The Bertz CT molecular complexity index is 198. The highest BCUT2D eigenvalue weighted by atomic mass is 16.5. The van der Waals surface area contributed by atoms with E-state index in [0.29, 0.717) is 0 Å². The third-order valence-electron chi connectivity index (χ3n) is 1.26. The molecule has 16 heavy (non-hydrogen) atoms. The van der Waals surface area contributed by atoms with Gasteiger partial charge in [-0.3, -0.25) is 0 Å². The van der Waals surface area contributed by atoms with E-state index in [0.717, 1.165) is 13.2 Å². The maximum Gasteiger partial charge on any atom is 0.115 e. The molecule has 0 saturated carbocycles. The summed E-state index contributed by atoms with van der Waals surface area (Å²) in [6.07, 6.45) is 0. The summed E-state index contributed by atoms with van der Waals surface area (Å²) in [4.78, 5) is 0. The number of rotatable bonds is 2. The molecule has 1 aromatic rings. The van der Waals surface area contributed by atoms with E-state index in [1.165, 1.54) is 24.3 Å². The van der Waals surface area contributed by atoms with Crippen molar-refractivity contribution < 1.29 is 20.1 Å². The van der Waals surface area contributed by atoms with Gasteiger partial charge < -0.3 is 20.1 Å². The van der Waals surface area contributed by atoms with E-state index in [4.69, 9.17) is 20.1 Å². The molecule has 3 N–H and O–H groups in total. The maximum absolute atomic E-state index is 8.65. The van der Waals surface area contributed by atoms with E-state index in [1.54, 1.807) is 6.92 Å². The normalized spacial score (nSPS) is 8.25. The van der Waals surface area contributed by atoms with Crippen molar-refractivity contribution in [2.24, 2.45) is 0 Å². The number of aliphatic hydroxyl groups excluding tert-OH is 1. The van der Waals surface area contributed by atoms with Crippen LogP contribution in [0.1, 0.15) is 20.8 Å². The quantitative estimate of drug-likeness (QED) is 0.681. The number of ether oxygens (including phenoxy) is 1. The van der Waals surface area contributed by atoms with Crippen molar-refractivity contribution in [2.45, 2.75) is 20.8 Å². The summed E-state index contributed by atoms with van der Waals surface area (Å²) in [6, 6.07) is 5.70. The SMILES string of the molecule is CCO.CCOCC.Oc1ccc(O)cc1. The number of hydrogen-bond acceptors (Lipinski definition) is 4. The molecule has 0 aliphatic carbocycles. The van der Waals surface area contributed by atoms with Crippen molar-refractivity contribution in [1.29, 1.82) is 0 Å². The summed E-state index contributed by atoms with van der Waals surface area (Å²) in [5.74, 6) is 0.339. The zero-order chi connectivity index (χ0) is 12.8. The van der Waals surface area contributed by atoms with Crippen molar-refractivity contribution in [2.75, 3.05) is 19.8 Å². The molecule has 4 heteroatoms. The van der Waals surface area contributed by atoms with Crippen LogP contribution in [0.4, 0.5) is 0 Å². The Morgan fingerprint density at radius 3 is 1.25 bits per heavy atom. The van der Waals surface area contributed by atoms with Crippen LogP contribution in [0.25, 0.3) is 0 Å². The lowest BCUT2D eigenvalue weighted by Gasteiger charge is -1.88. The molecule has 0 spiro atoms. The van der Waals surface area contributed by atoms with Gasteiger partial charge in [-0.15, -0.1) is 0 Å². The first-order valence-electron chi connectivity index (χ1n) is 5.28. The van der Waals surface area contributed by atoms with E-state index in [-0.39, 0.29) is 18.1 Å². The van der Waals surface area contributed by atoms with Crippen LogP contribution in [0.5, 0.6) is 11.5 Å². The van der Waals surface area contributed by atoms with Gasteiger partial charge in [0.1, 0.15) is 11.5 Å². The molecule has 1 aromatic carbocycles. The van der Waals surface area contributed by atoms with E-state index in [9.17, 15) is 0 Å². The fraction of sp³-hybridized carbons (Fsp3) is 0.500. The average molecular weight is 230 g/mol. The molecule has 0 saturated heterocycles. The van der Waals surface area contributed by atoms with Gasteiger partial charge in [-0.05, 0) is 45.0 Å². The van der Waals surface area contributed by atoms with Crippen LogP contribution in [-0.2, 0) is 4.74 Å². The first-order valence-corrected chi connectivity index (χ1v) is 5.28. The van der Waals surface area contributed by atoms with Crippen molar-refractivity contribution >= 4 is 0 Å². The molecule has 0 radical (unpaired) electrons. The molecular weight excluding hydrogens is 208 g/mol. The molecule has 0 atom stereocenters. The van der Waals surface area contributed by atoms with Crippen LogP contribution in [0.2, 0.25) is 0 Å². The molecule has 1 rings (SSSR count). The zero-order valence-corrected chi connectivity index (χ0v) is 10.2. The summed E-state index contributed by atoms with van der Waals surface area (Å²) in [7, 11) is 0. The fourth-order valence-corrected chi connectivity index (χ4v) is 0.657. The Balaban J connectivity index is 0. The molecule has 0 aromatic heterocycles. The standard InChI is InChI=1S/C6H6O2.C4H10O.C2H6O/c7-5-1-2-6(8)4-3-5;1-3-5-4-2;1-2-3/h1-4,7-8H;3-4H2,1-2H3;3H,2H2,1H3. The second-order valence-electron chi connectivity index (χ2n) is 2.61. The average Bonchev–Trinajstić information content (AvgIpc) is 2.26. The van der Waals surface area contributed by atoms with E-state index in [1.807, 2.05) is 13.8 Å². The topological polar surface area (TPSA) is 69.9 Å². The molecule has 0 aliphatic rings. The minimum Gasteiger partial charge on any atom is -0.508 e. The molecule has 0 fully saturated rings. The van der Waals surface area contributed by atoms with Crippen LogP contribution in [0.15, 0.2) is 24.3 Å². The zero-order valence-electron chi connectivity index (χ0n) is 10.2. The molecular formula is C12H22O4. The summed E-state index contributed by atoms with van der Waals surface area (Å²) in [6.45, 7) is 7.60. The number of phenols is 2. The van der Waals surface area contributed by atoms with Gasteiger partial charge in [0.15, 0.2) is 0 Å². The van der Waals surface area contributed by atoms with Crippen molar-refractivity contribution in [3.63, 3.8) is 0 Å². The van der Waals surface area contributed by atoms with Gasteiger partial charge in [0, 0.05) is 19.8 Å². The van der Waals surface area contributed by atoms with Gasteiger partial charge in [0.25, 0.3) is 0 Å². The van der Waals surface area contributed by atoms with Gasteiger partial charge in [-0.25, -0.2) is 0 Å². The lowest BCUT2D eigenvalue weighted by Crippen LogP contribution is -1.84. The Morgan fingerprint density at radius 2 is 1.12 bits per heavy atom. The Labute approximate surface area is 97.1 Å². The highest BCUT2D eigenvalue weighted by Gasteiger charge is 1.84. The third-order valence-corrected chi connectivity index (χ3v) is 1.26. The molecule has 94 valence electrons. The highest BCUT2D eigenvalue weighted by Crippen LogP contribution is 2.13. The summed E-state index contributed by atoms with van der Waals surface area (Å²) in [5.41, 5.74) is 0. The monoisotopic (exact) mass is 230 g/mol. The second-order valence-corrected chi connectivity index (χ2v) is 2.61. The van der Waals surface area contributed by atoms with Crippen LogP contribution < -0.4 is 0 Å². The predicted octanol–water partition coefficient (Wildman–Crippen LogP) is 2.14. The minimum atomic E-state index is 0.169. The smallest absolute Gasteiger partial charge is 0.115 e. The number of benzene rings is 1. The first-order chi connectivity index (χ1) is 7.62. The summed E-state index contributed by atoms with van der Waals surface area (Å²) >= 11 is 0.